The topological polar surface area (TPSA) is 63.8 Å². The van der Waals surface area contributed by atoms with Gasteiger partial charge < -0.3 is 14.6 Å². The van der Waals surface area contributed by atoms with Gasteiger partial charge in [0.25, 0.3) is 5.91 Å². The van der Waals surface area contributed by atoms with E-state index in [1.165, 1.54) is 6.26 Å². The Morgan fingerprint density at radius 2 is 2.22 bits per heavy atom. The fourth-order valence-electron chi connectivity index (χ4n) is 1.12. The van der Waals surface area contributed by atoms with E-state index in [9.17, 15) is 4.79 Å². The molecule has 1 rings (SSSR count). The van der Waals surface area contributed by atoms with E-state index in [2.05, 4.69) is 10.5 Å². The maximum Gasteiger partial charge on any atom is 0.277 e. The normalized spacial score (nSPS) is 12.3. The first-order chi connectivity index (χ1) is 8.44. The molecule has 0 radical (unpaired) electrons. The molecule has 0 aromatic carbocycles. The first kappa shape index (κ1) is 14.3. The third-order valence-electron chi connectivity index (χ3n) is 1.92. The maximum absolute atomic E-state index is 11.9. The molecular formula is C13H20N2O3. The lowest BCUT2D eigenvalue weighted by molar-refractivity contribution is -0.115. The molecule has 18 heavy (non-hydrogen) atoms. The van der Waals surface area contributed by atoms with Crippen LogP contribution in [0.1, 0.15) is 39.9 Å². The molecule has 0 aliphatic carbocycles. The first-order valence-corrected chi connectivity index (χ1v) is 6.02. The number of nitrogens with one attached hydrogen (secondary N) is 1. The predicted octanol–water partition coefficient (Wildman–Crippen LogP) is 2.33. The van der Waals surface area contributed by atoms with Gasteiger partial charge in [0.2, 0.25) is 5.71 Å². The number of furan rings is 1. The Balaban J connectivity index is 2.86. The SMILES string of the molecule is CCCNC(=O)/C(=N/OC(C)(C)C)c1ccco1. The van der Waals surface area contributed by atoms with E-state index in [0.29, 0.717) is 12.3 Å². The molecule has 0 bridgehead atoms. The van der Waals surface area contributed by atoms with E-state index in [1.54, 1.807) is 12.1 Å². The first-order valence-electron chi connectivity index (χ1n) is 6.02. The van der Waals surface area contributed by atoms with E-state index in [1.807, 2.05) is 27.7 Å². The van der Waals surface area contributed by atoms with Gasteiger partial charge in [-0.05, 0) is 39.3 Å². The lowest BCUT2D eigenvalue weighted by Crippen LogP contribution is -2.33. The highest BCUT2D eigenvalue weighted by Crippen LogP contribution is 2.10. The Kier molecular flexibility index (Phi) is 4.95. The summed E-state index contributed by atoms with van der Waals surface area (Å²) >= 11 is 0. The van der Waals surface area contributed by atoms with Crippen LogP contribution in [-0.2, 0) is 9.63 Å². The van der Waals surface area contributed by atoms with Crippen molar-refractivity contribution in [1.29, 1.82) is 0 Å². The fourth-order valence-corrected chi connectivity index (χ4v) is 1.12. The molecule has 1 N–H and O–H groups in total. The zero-order valence-electron chi connectivity index (χ0n) is 11.3. The number of carbonyl (C=O) groups is 1. The second-order valence-electron chi connectivity index (χ2n) is 4.88. The summed E-state index contributed by atoms with van der Waals surface area (Å²) in [7, 11) is 0. The molecule has 0 saturated carbocycles. The molecule has 0 saturated heterocycles. The van der Waals surface area contributed by atoms with Crippen LogP contribution in [-0.4, -0.2) is 23.8 Å². The van der Waals surface area contributed by atoms with Gasteiger partial charge in [0.1, 0.15) is 5.60 Å². The van der Waals surface area contributed by atoms with Crippen LogP contribution in [0.3, 0.4) is 0 Å². The molecular weight excluding hydrogens is 232 g/mol. The molecule has 0 atom stereocenters. The van der Waals surface area contributed by atoms with Crippen LogP contribution < -0.4 is 5.32 Å². The number of carbonyl (C=O) groups excluding carboxylic acids is 1. The molecule has 0 aliphatic heterocycles. The fraction of sp³-hybridized carbons (Fsp3) is 0.538. The summed E-state index contributed by atoms with van der Waals surface area (Å²) in [6.45, 7) is 8.16. The highest BCUT2D eigenvalue weighted by Gasteiger charge is 2.19. The van der Waals surface area contributed by atoms with Gasteiger partial charge in [0.05, 0.1) is 6.26 Å². The van der Waals surface area contributed by atoms with Gasteiger partial charge in [-0.3, -0.25) is 4.79 Å². The van der Waals surface area contributed by atoms with E-state index < -0.39 is 5.60 Å². The van der Waals surface area contributed by atoms with Gasteiger partial charge in [0, 0.05) is 6.54 Å². The molecule has 5 nitrogen and oxygen atoms in total. The Labute approximate surface area is 107 Å². The van der Waals surface area contributed by atoms with Gasteiger partial charge in [-0.1, -0.05) is 12.1 Å². The molecule has 5 heteroatoms. The smallest absolute Gasteiger partial charge is 0.277 e. The van der Waals surface area contributed by atoms with E-state index in [4.69, 9.17) is 9.25 Å². The Morgan fingerprint density at radius 3 is 2.72 bits per heavy atom. The Bertz CT molecular complexity index is 402. The minimum absolute atomic E-state index is 0.156. The van der Waals surface area contributed by atoms with Crippen LogP contribution in [0.4, 0.5) is 0 Å². The van der Waals surface area contributed by atoms with E-state index in [0.717, 1.165) is 6.42 Å². The minimum Gasteiger partial charge on any atom is -0.462 e. The van der Waals surface area contributed by atoms with Crippen molar-refractivity contribution in [3.05, 3.63) is 24.2 Å². The van der Waals surface area contributed by atoms with Gasteiger partial charge in [0.15, 0.2) is 5.76 Å². The quantitative estimate of drug-likeness (QED) is 0.646. The Morgan fingerprint density at radius 1 is 1.50 bits per heavy atom. The molecule has 0 fully saturated rings. The van der Waals surface area contributed by atoms with Gasteiger partial charge in [-0.15, -0.1) is 0 Å². The summed E-state index contributed by atoms with van der Waals surface area (Å²) in [5.41, 5.74) is -0.300. The van der Waals surface area contributed by atoms with E-state index >= 15 is 0 Å². The van der Waals surface area contributed by atoms with Crippen molar-refractivity contribution in [2.75, 3.05) is 6.54 Å². The van der Waals surface area contributed by atoms with Crippen LogP contribution in [0.5, 0.6) is 0 Å². The van der Waals surface area contributed by atoms with Crippen molar-refractivity contribution in [1.82, 2.24) is 5.32 Å². The van der Waals surface area contributed by atoms with Crippen LogP contribution in [0.25, 0.3) is 0 Å². The summed E-state index contributed by atoms with van der Waals surface area (Å²) in [4.78, 5) is 17.2. The zero-order valence-corrected chi connectivity index (χ0v) is 11.3. The summed E-state index contributed by atoms with van der Waals surface area (Å²) < 4.78 is 5.19. The molecule has 1 aromatic heterocycles. The van der Waals surface area contributed by atoms with Crippen molar-refractivity contribution >= 4 is 11.6 Å². The third kappa shape index (κ3) is 4.61. The van der Waals surface area contributed by atoms with Crippen molar-refractivity contribution in [2.24, 2.45) is 5.16 Å². The zero-order chi connectivity index (χ0) is 13.6. The standard InChI is InChI=1S/C13H20N2O3/c1-5-8-14-12(16)11(10-7-6-9-17-10)15-18-13(2,3)4/h6-7,9H,5,8H2,1-4H3,(H,14,16)/b15-11+. The second-order valence-corrected chi connectivity index (χ2v) is 4.88. The monoisotopic (exact) mass is 252 g/mol. The lowest BCUT2D eigenvalue weighted by atomic mass is 10.2. The van der Waals surface area contributed by atoms with Crippen LogP contribution >= 0.6 is 0 Å². The van der Waals surface area contributed by atoms with Crippen LogP contribution in [0.15, 0.2) is 28.0 Å². The number of hydrogen-bond donors (Lipinski definition) is 1. The summed E-state index contributed by atoms with van der Waals surface area (Å²) in [6, 6.07) is 3.38. The van der Waals surface area contributed by atoms with E-state index in [-0.39, 0.29) is 11.6 Å². The van der Waals surface area contributed by atoms with Crippen LogP contribution in [0.2, 0.25) is 0 Å². The van der Waals surface area contributed by atoms with Crippen molar-refractivity contribution in [3.8, 4) is 0 Å². The second kappa shape index (κ2) is 6.23. The Hall–Kier alpha value is -1.78. The molecule has 1 aromatic rings. The number of rotatable bonds is 5. The molecule has 0 aliphatic rings. The molecule has 1 heterocycles. The molecule has 1 amide bonds. The van der Waals surface area contributed by atoms with Crippen LogP contribution in [0, 0.1) is 0 Å². The van der Waals surface area contributed by atoms with Gasteiger partial charge in [-0.2, -0.15) is 0 Å². The average molecular weight is 252 g/mol. The number of hydrogen-bond acceptors (Lipinski definition) is 4. The average Bonchev–Trinajstić information content (AvgIpc) is 2.78. The maximum atomic E-state index is 11.9. The largest absolute Gasteiger partial charge is 0.462 e. The van der Waals surface area contributed by atoms with Crippen molar-refractivity contribution < 1.29 is 14.0 Å². The lowest BCUT2D eigenvalue weighted by Gasteiger charge is -2.16. The summed E-state index contributed by atoms with van der Waals surface area (Å²) in [5, 5.41) is 6.65. The van der Waals surface area contributed by atoms with Gasteiger partial charge in [-0.25, -0.2) is 0 Å². The third-order valence-corrected chi connectivity index (χ3v) is 1.92. The van der Waals surface area contributed by atoms with Gasteiger partial charge >= 0.3 is 0 Å². The number of amides is 1. The van der Waals surface area contributed by atoms with Crippen molar-refractivity contribution in [2.45, 2.75) is 39.7 Å². The highest BCUT2D eigenvalue weighted by molar-refractivity contribution is 6.44. The number of nitrogens with zero attached hydrogens (tertiary/aromatic N) is 1. The molecule has 0 spiro atoms. The molecule has 100 valence electrons. The number of oxime groups is 1. The van der Waals surface area contributed by atoms with Crippen molar-refractivity contribution in [3.63, 3.8) is 0 Å². The summed E-state index contributed by atoms with van der Waals surface area (Å²) in [5.74, 6) is 0.101. The predicted molar refractivity (Wildman–Crippen MR) is 69.4 cm³/mol. The molecule has 0 unspecified atom stereocenters. The minimum atomic E-state index is -0.455. The summed E-state index contributed by atoms with van der Waals surface area (Å²) in [6.07, 6.45) is 2.35. The highest BCUT2D eigenvalue weighted by atomic mass is 16.6.